The number of carbonyl (C=O) groups is 2. The number of carboxylic acid groups (broad SMARTS) is 2. The first kappa shape index (κ1) is 8.23. The molecule has 2 saturated heterocycles. The second kappa shape index (κ2) is 1.82. The van der Waals surface area contributed by atoms with Crippen molar-refractivity contribution >= 4 is 11.9 Å². The monoisotopic (exact) mass is 198 g/mol. The van der Waals surface area contributed by atoms with Crippen LogP contribution in [0.4, 0.5) is 0 Å². The SMILES string of the molecule is CC1(C(=O)O)C2CC3(C(=O)O)C(O2)C13. The van der Waals surface area contributed by atoms with Gasteiger partial charge in [-0.15, -0.1) is 0 Å². The van der Waals surface area contributed by atoms with Gasteiger partial charge in [0.15, 0.2) is 0 Å². The van der Waals surface area contributed by atoms with Crippen molar-refractivity contribution in [3.63, 3.8) is 0 Å². The molecule has 0 spiro atoms. The molecule has 0 radical (unpaired) electrons. The van der Waals surface area contributed by atoms with Gasteiger partial charge in [0.1, 0.15) is 5.41 Å². The fourth-order valence-corrected chi connectivity index (χ4v) is 3.40. The van der Waals surface area contributed by atoms with E-state index in [0.717, 1.165) is 0 Å². The van der Waals surface area contributed by atoms with Gasteiger partial charge in [-0.3, -0.25) is 9.59 Å². The van der Waals surface area contributed by atoms with Crippen LogP contribution in [0, 0.1) is 16.7 Å². The van der Waals surface area contributed by atoms with Crippen LogP contribution >= 0.6 is 0 Å². The van der Waals surface area contributed by atoms with Crippen LogP contribution in [-0.4, -0.2) is 34.4 Å². The molecule has 0 amide bonds. The number of aliphatic carboxylic acids is 2. The molecule has 5 heteroatoms. The van der Waals surface area contributed by atoms with E-state index in [1.54, 1.807) is 6.92 Å². The smallest absolute Gasteiger partial charge is 0.312 e. The molecule has 2 N–H and O–H groups in total. The van der Waals surface area contributed by atoms with Gasteiger partial charge in [-0.1, -0.05) is 0 Å². The number of rotatable bonds is 2. The van der Waals surface area contributed by atoms with Crippen molar-refractivity contribution in [2.24, 2.45) is 16.7 Å². The minimum atomic E-state index is -0.983. The Hall–Kier alpha value is -1.10. The summed E-state index contributed by atoms with van der Waals surface area (Å²) in [7, 11) is 0. The molecule has 5 atom stereocenters. The molecule has 76 valence electrons. The Morgan fingerprint density at radius 2 is 2.00 bits per heavy atom. The summed E-state index contributed by atoms with van der Waals surface area (Å²) in [5.74, 6) is -2.16. The van der Waals surface area contributed by atoms with Crippen molar-refractivity contribution in [3.05, 3.63) is 0 Å². The predicted molar refractivity (Wildman–Crippen MR) is 42.6 cm³/mol. The second-order valence-corrected chi connectivity index (χ2v) is 4.66. The molecule has 0 aromatic rings. The fourth-order valence-electron chi connectivity index (χ4n) is 3.40. The lowest BCUT2D eigenvalue weighted by Crippen LogP contribution is -2.35. The van der Waals surface area contributed by atoms with Crippen molar-refractivity contribution in [3.8, 4) is 0 Å². The molecule has 14 heavy (non-hydrogen) atoms. The molecule has 4 rings (SSSR count). The van der Waals surface area contributed by atoms with E-state index in [4.69, 9.17) is 14.9 Å². The van der Waals surface area contributed by atoms with Gasteiger partial charge in [0.05, 0.1) is 17.6 Å². The molecule has 4 fully saturated rings. The Morgan fingerprint density at radius 3 is 2.29 bits per heavy atom. The topological polar surface area (TPSA) is 83.8 Å². The average Bonchev–Trinajstić information content (AvgIpc) is 2.45. The van der Waals surface area contributed by atoms with E-state index in [1.807, 2.05) is 0 Å². The molecule has 2 aliphatic carbocycles. The Kier molecular flexibility index (Phi) is 1.07. The minimum Gasteiger partial charge on any atom is -0.481 e. The molecule has 0 aromatic heterocycles. The van der Waals surface area contributed by atoms with E-state index in [9.17, 15) is 9.59 Å². The van der Waals surface area contributed by atoms with Gasteiger partial charge in [-0.25, -0.2) is 0 Å². The summed E-state index contributed by atoms with van der Waals surface area (Å²) in [5.41, 5.74) is -1.86. The summed E-state index contributed by atoms with van der Waals surface area (Å²) in [5, 5.41) is 18.1. The van der Waals surface area contributed by atoms with E-state index in [-0.39, 0.29) is 12.0 Å². The van der Waals surface area contributed by atoms with Crippen LogP contribution in [0.15, 0.2) is 0 Å². The highest BCUT2D eigenvalue weighted by molar-refractivity contribution is 5.88. The Bertz CT molecular complexity index is 364. The highest BCUT2D eigenvalue weighted by atomic mass is 16.5. The Morgan fingerprint density at radius 1 is 1.36 bits per heavy atom. The lowest BCUT2D eigenvalue weighted by molar-refractivity contribution is -0.152. The van der Waals surface area contributed by atoms with Gasteiger partial charge in [0.25, 0.3) is 0 Å². The second-order valence-electron chi connectivity index (χ2n) is 4.66. The standard InChI is InChI=1S/C9H10O5/c1-8(6(10)11)3-2-9(7(12)13)4(8)5(9)14-3/h3-5H,2H2,1H3,(H,10,11)(H,12,13). The third-order valence-corrected chi connectivity index (χ3v) is 4.26. The fraction of sp³-hybridized carbons (Fsp3) is 0.778. The van der Waals surface area contributed by atoms with E-state index >= 15 is 0 Å². The van der Waals surface area contributed by atoms with Crippen LogP contribution in [0.5, 0.6) is 0 Å². The first-order chi connectivity index (χ1) is 6.45. The summed E-state index contributed by atoms with van der Waals surface area (Å²) in [6.45, 7) is 1.60. The largest absolute Gasteiger partial charge is 0.481 e. The summed E-state index contributed by atoms with van der Waals surface area (Å²) >= 11 is 0. The van der Waals surface area contributed by atoms with Crippen LogP contribution in [-0.2, 0) is 14.3 Å². The number of hydrogen-bond acceptors (Lipinski definition) is 3. The third kappa shape index (κ3) is 0.507. The number of carboxylic acids is 2. The first-order valence-electron chi connectivity index (χ1n) is 4.58. The average molecular weight is 198 g/mol. The van der Waals surface area contributed by atoms with E-state index in [2.05, 4.69) is 0 Å². The summed E-state index contributed by atoms with van der Waals surface area (Å²) in [4.78, 5) is 22.1. The maximum Gasteiger partial charge on any atom is 0.312 e. The molecular formula is C9H10O5. The maximum atomic E-state index is 11.1. The molecule has 0 aromatic carbocycles. The molecular weight excluding hydrogens is 188 g/mol. The van der Waals surface area contributed by atoms with Crippen LogP contribution in [0.25, 0.3) is 0 Å². The predicted octanol–water partition coefficient (Wildman–Crippen LogP) is -0.0508. The van der Waals surface area contributed by atoms with Gasteiger partial charge in [0.2, 0.25) is 0 Å². The van der Waals surface area contributed by atoms with Crippen LogP contribution in [0.1, 0.15) is 13.3 Å². The quantitative estimate of drug-likeness (QED) is 0.649. The van der Waals surface area contributed by atoms with Gasteiger partial charge < -0.3 is 14.9 Å². The van der Waals surface area contributed by atoms with E-state index in [0.29, 0.717) is 6.42 Å². The zero-order chi connectivity index (χ0) is 10.3. The van der Waals surface area contributed by atoms with Crippen LogP contribution in [0.3, 0.4) is 0 Å². The maximum absolute atomic E-state index is 11.1. The molecule has 2 heterocycles. The number of ether oxygens (including phenoxy) is 1. The van der Waals surface area contributed by atoms with Crippen LogP contribution < -0.4 is 0 Å². The van der Waals surface area contributed by atoms with E-state index < -0.39 is 28.9 Å². The zero-order valence-corrected chi connectivity index (χ0v) is 7.56. The third-order valence-electron chi connectivity index (χ3n) is 4.26. The summed E-state index contributed by atoms with van der Waals surface area (Å²) < 4.78 is 5.39. The van der Waals surface area contributed by atoms with E-state index in [1.165, 1.54) is 0 Å². The molecule has 5 unspecified atom stereocenters. The highest BCUT2D eigenvalue weighted by Crippen LogP contribution is 2.79. The molecule has 5 nitrogen and oxygen atoms in total. The zero-order valence-electron chi connectivity index (χ0n) is 7.56. The lowest BCUT2D eigenvalue weighted by Gasteiger charge is -2.20. The molecule has 2 aliphatic heterocycles. The summed E-state index contributed by atoms with van der Waals surface area (Å²) in [6.07, 6.45) is -0.405. The van der Waals surface area contributed by atoms with Gasteiger partial charge >= 0.3 is 11.9 Å². The van der Waals surface area contributed by atoms with Crippen LogP contribution in [0.2, 0.25) is 0 Å². The van der Waals surface area contributed by atoms with Gasteiger partial charge in [0, 0.05) is 5.92 Å². The number of hydrogen-bond donors (Lipinski definition) is 2. The van der Waals surface area contributed by atoms with Gasteiger partial charge in [-0.2, -0.15) is 0 Å². The van der Waals surface area contributed by atoms with Gasteiger partial charge in [-0.05, 0) is 13.3 Å². The van der Waals surface area contributed by atoms with Crippen molar-refractivity contribution in [2.75, 3.05) is 0 Å². The van der Waals surface area contributed by atoms with Crippen molar-refractivity contribution in [1.29, 1.82) is 0 Å². The Balaban J connectivity index is 2.06. The highest BCUT2D eigenvalue weighted by Gasteiger charge is 2.90. The lowest BCUT2D eigenvalue weighted by atomic mass is 9.84. The molecule has 2 saturated carbocycles. The summed E-state index contributed by atoms with van der Waals surface area (Å²) in [6, 6.07) is 0. The normalized spacial score (nSPS) is 57.4. The molecule has 4 aliphatic rings. The first-order valence-corrected chi connectivity index (χ1v) is 4.58. The minimum absolute atomic E-state index is 0.324. The van der Waals surface area contributed by atoms with Crippen molar-refractivity contribution < 1.29 is 24.5 Å². The van der Waals surface area contributed by atoms with Crippen molar-refractivity contribution in [2.45, 2.75) is 25.6 Å². The van der Waals surface area contributed by atoms with Crippen molar-refractivity contribution in [1.82, 2.24) is 0 Å². The molecule has 4 bridgehead atoms. The Labute approximate surface area is 79.7 Å².